The van der Waals surface area contributed by atoms with Crippen molar-refractivity contribution in [2.24, 2.45) is 5.84 Å². The molecule has 4 nitrogen and oxygen atoms in total. The normalized spacial score (nSPS) is 10.2. The van der Waals surface area contributed by atoms with Crippen LogP contribution >= 0.6 is 45.8 Å². The molecule has 0 spiro atoms. The molecule has 7 heteroatoms. The summed E-state index contributed by atoms with van der Waals surface area (Å²) in [6.07, 6.45) is 0. The summed E-state index contributed by atoms with van der Waals surface area (Å²) in [6, 6.07) is 9.42. The van der Waals surface area contributed by atoms with Gasteiger partial charge in [0.2, 0.25) is 0 Å². The van der Waals surface area contributed by atoms with Crippen molar-refractivity contribution in [1.82, 2.24) is 4.98 Å². The van der Waals surface area contributed by atoms with Crippen molar-refractivity contribution in [2.75, 3.05) is 10.7 Å². The fourth-order valence-corrected chi connectivity index (χ4v) is 2.36. The molecule has 94 valence electrons. The van der Waals surface area contributed by atoms with E-state index < -0.39 is 0 Å². The molecule has 0 aliphatic rings. The molecule has 2 aromatic rings. The zero-order valence-electron chi connectivity index (χ0n) is 9.05. The summed E-state index contributed by atoms with van der Waals surface area (Å²) >= 11 is 14.2. The largest absolute Gasteiger partial charge is 0.339 e. The summed E-state index contributed by atoms with van der Waals surface area (Å²) in [5, 5.41) is 3.91. The van der Waals surface area contributed by atoms with Crippen molar-refractivity contribution in [2.45, 2.75) is 0 Å². The van der Waals surface area contributed by atoms with Crippen LogP contribution in [0.25, 0.3) is 0 Å². The lowest BCUT2D eigenvalue weighted by Crippen LogP contribution is -2.10. The van der Waals surface area contributed by atoms with Gasteiger partial charge in [-0.05, 0) is 46.9 Å². The second-order valence-corrected chi connectivity index (χ2v) is 5.49. The van der Waals surface area contributed by atoms with Gasteiger partial charge >= 0.3 is 0 Å². The van der Waals surface area contributed by atoms with E-state index in [1.165, 1.54) is 0 Å². The summed E-state index contributed by atoms with van der Waals surface area (Å²) in [5.74, 6) is 6.18. The molecule has 0 bridgehead atoms. The van der Waals surface area contributed by atoms with Gasteiger partial charge in [-0.2, -0.15) is 0 Å². The molecule has 0 aliphatic carbocycles. The Kier molecular flexibility index (Phi) is 4.50. The Hall–Kier alpha value is -0.760. The lowest BCUT2D eigenvalue weighted by molar-refractivity contribution is 1.22. The first-order valence-corrected chi connectivity index (χ1v) is 6.79. The molecule has 1 aromatic carbocycles. The van der Waals surface area contributed by atoms with Gasteiger partial charge in [0.05, 0.1) is 10.0 Å². The van der Waals surface area contributed by atoms with Crippen LogP contribution in [0.2, 0.25) is 10.0 Å². The number of aromatic nitrogens is 1. The molecule has 0 saturated heterocycles. The molecule has 1 aromatic heterocycles. The maximum atomic E-state index is 6.07. The second kappa shape index (κ2) is 5.92. The molecule has 1 heterocycles. The number of nitrogens with one attached hydrogen (secondary N) is 2. The summed E-state index contributed by atoms with van der Waals surface area (Å²) in [4.78, 5) is 4.20. The molecule has 0 fully saturated rings. The summed E-state index contributed by atoms with van der Waals surface area (Å²) in [5.41, 5.74) is 3.31. The maximum Gasteiger partial charge on any atom is 0.161 e. The van der Waals surface area contributed by atoms with Gasteiger partial charge in [0.1, 0.15) is 0 Å². The van der Waals surface area contributed by atoms with Gasteiger partial charge in [0.25, 0.3) is 0 Å². The van der Waals surface area contributed by atoms with E-state index in [4.69, 9.17) is 29.0 Å². The van der Waals surface area contributed by atoms with Crippen molar-refractivity contribution < 1.29 is 0 Å². The van der Waals surface area contributed by atoms with Crippen LogP contribution in [0.5, 0.6) is 0 Å². The Balaban J connectivity index is 2.34. The first-order chi connectivity index (χ1) is 8.60. The van der Waals surface area contributed by atoms with Crippen LogP contribution in [0.15, 0.2) is 30.3 Å². The van der Waals surface area contributed by atoms with E-state index in [1.807, 2.05) is 24.3 Å². The van der Waals surface area contributed by atoms with Crippen molar-refractivity contribution >= 4 is 63.1 Å². The highest BCUT2D eigenvalue weighted by Gasteiger charge is 2.08. The van der Waals surface area contributed by atoms with E-state index in [9.17, 15) is 0 Å². The Morgan fingerprint density at radius 1 is 1.11 bits per heavy atom. The van der Waals surface area contributed by atoms with Crippen molar-refractivity contribution in [3.05, 3.63) is 43.9 Å². The predicted octanol–water partition coefficient (Wildman–Crippen LogP) is 4.02. The first kappa shape index (κ1) is 13.7. The number of rotatable bonds is 3. The molecule has 2 rings (SSSR count). The van der Waals surface area contributed by atoms with Gasteiger partial charge in [0, 0.05) is 9.26 Å². The summed E-state index contributed by atoms with van der Waals surface area (Å²) < 4.78 is 1.11. The number of nitrogens with two attached hydrogens (primary N) is 1. The number of hydrogen-bond acceptors (Lipinski definition) is 4. The molecule has 0 atom stereocenters. The third-order valence-corrected chi connectivity index (χ3v) is 3.40. The Labute approximate surface area is 128 Å². The van der Waals surface area contributed by atoms with Gasteiger partial charge in [-0.3, -0.25) is 0 Å². The van der Waals surface area contributed by atoms with Gasteiger partial charge in [-0.15, -0.1) is 0 Å². The lowest BCUT2D eigenvalue weighted by Gasteiger charge is -2.10. The monoisotopic (exact) mass is 394 g/mol. The standard InChI is InChI=1S/C11H9Cl2IN4/c12-8-5-9(13)11(18-15)17-10(8)16-7-3-1-2-6(14)4-7/h1-5H,15H2,(H2,16,17,18). The number of nitrogens with zero attached hydrogens (tertiary/aromatic N) is 1. The molecule has 0 amide bonds. The van der Waals surface area contributed by atoms with E-state index in [1.54, 1.807) is 6.07 Å². The minimum Gasteiger partial charge on any atom is -0.339 e. The second-order valence-electron chi connectivity index (χ2n) is 3.43. The van der Waals surface area contributed by atoms with Gasteiger partial charge in [0.15, 0.2) is 11.6 Å². The van der Waals surface area contributed by atoms with Crippen LogP contribution in [0.4, 0.5) is 17.3 Å². The van der Waals surface area contributed by atoms with E-state index in [-0.39, 0.29) is 0 Å². The van der Waals surface area contributed by atoms with E-state index >= 15 is 0 Å². The number of halogens is 3. The Bertz CT molecular complexity index is 577. The molecule has 4 N–H and O–H groups in total. The molecule has 0 saturated carbocycles. The van der Waals surface area contributed by atoms with Crippen molar-refractivity contribution in [3.63, 3.8) is 0 Å². The Morgan fingerprint density at radius 2 is 1.83 bits per heavy atom. The highest BCUT2D eigenvalue weighted by molar-refractivity contribution is 14.1. The minimum absolute atomic E-state index is 0.370. The summed E-state index contributed by atoms with van der Waals surface area (Å²) in [6.45, 7) is 0. The zero-order chi connectivity index (χ0) is 13.1. The van der Waals surface area contributed by atoms with Crippen LogP contribution in [-0.2, 0) is 0 Å². The molecule has 0 aliphatic heterocycles. The Morgan fingerprint density at radius 3 is 2.50 bits per heavy atom. The number of hydrogen-bond donors (Lipinski definition) is 3. The predicted molar refractivity (Wildman–Crippen MR) is 84.5 cm³/mol. The quantitative estimate of drug-likeness (QED) is 0.418. The van der Waals surface area contributed by atoms with Gasteiger partial charge in [-0.1, -0.05) is 29.3 Å². The summed E-state index contributed by atoms with van der Waals surface area (Å²) in [7, 11) is 0. The van der Waals surface area contributed by atoms with Crippen molar-refractivity contribution in [1.29, 1.82) is 0 Å². The minimum atomic E-state index is 0.370. The van der Waals surface area contributed by atoms with Crippen molar-refractivity contribution in [3.8, 4) is 0 Å². The molecular formula is C11H9Cl2IN4. The topological polar surface area (TPSA) is 63.0 Å². The highest BCUT2D eigenvalue weighted by atomic mass is 127. The van der Waals surface area contributed by atoms with Crippen LogP contribution in [0.1, 0.15) is 0 Å². The molecular weight excluding hydrogens is 386 g/mol. The van der Waals surface area contributed by atoms with E-state index in [2.05, 4.69) is 38.3 Å². The zero-order valence-corrected chi connectivity index (χ0v) is 12.7. The third kappa shape index (κ3) is 3.17. The first-order valence-electron chi connectivity index (χ1n) is 4.95. The van der Waals surface area contributed by atoms with Crippen LogP contribution < -0.4 is 16.6 Å². The lowest BCUT2D eigenvalue weighted by atomic mass is 10.3. The molecule has 0 unspecified atom stereocenters. The van der Waals surface area contributed by atoms with Gasteiger partial charge in [-0.25, -0.2) is 10.8 Å². The fourth-order valence-electron chi connectivity index (χ4n) is 1.36. The number of benzene rings is 1. The smallest absolute Gasteiger partial charge is 0.161 e. The average molecular weight is 395 g/mol. The number of hydrazine groups is 1. The molecule has 18 heavy (non-hydrogen) atoms. The van der Waals surface area contributed by atoms with Crippen LogP contribution in [0.3, 0.4) is 0 Å². The van der Waals surface area contributed by atoms with E-state index in [0.717, 1.165) is 9.26 Å². The van der Waals surface area contributed by atoms with Gasteiger partial charge < -0.3 is 10.7 Å². The number of nitrogen functional groups attached to an aromatic ring is 1. The van der Waals surface area contributed by atoms with E-state index in [0.29, 0.717) is 21.7 Å². The van der Waals surface area contributed by atoms with Crippen LogP contribution in [0, 0.1) is 3.57 Å². The number of anilines is 3. The average Bonchev–Trinajstić information content (AvgIpc) is 2.33. The SMILES string of the molecule is NNc1nc(Nc2cccc(I)c2)c(Cl)cc1Cl. The number of pyridine rings is 1. The third-order valence-electron chi connectivity index (χ3n) is 2.15. The highest BCUT2D eigenvalue weighted by Crippen LogP contribution is 2.30. The van der Waals surface area contributed by atoms with Crippen LogP contribution in [-0.4, -0.2) is 4.98 Å². The fraction of sp³-hybridized carbons (Fsp3) is 0. The maximum absolute atomic E-state index is 6.07. The molecule has 0 radical (unpaired) electrons.